The standard InChI is InChI=1S/C21H31N3OS.2C2HF3O2/c22-14-6-4-10-18-12-13-19(26-18)11-5-7-15-24-21(25)16-20(23)17-8-2-1-3-9-17;2*3-2(4,5)1(6)7/h1-3,8-9,12-13,20H,4-7,10-11,14-16,22-23H2,(H,24,25);2*(H,6,7). The summed E-state index contributed by atoms with van der Waals surface area (Å²) in [5.41, 5.74) is 12.6. The zero-order chi connectivity index (χ0) is 30.8. The lowest BCUT2D eigenvalue weighted by molar-refractivity contribution is -0.193. The molecule has 40 heavy (non-hydrogen) atoms. The molecule has 1 aromatic heterocycles. The first-order chi connectivity index (χ1) is 18.6. The van der Waals surface area contributed by atoms with Crippen LogP contribution in [0.3, 0.4) is 0 Å². The summed E-state index contributed by atoms with van der Waals surface area (Å²) in [5, 5.41) is 17.2. The predicted molar refractivity (Wildman–Crippen MR) is 138 cm³/mol. The van der Waals surface area contributed by atoms with E-state index < -0.39 is 24.3 Å². The van der Waals surface area contributed by atoms with E-state index in [9.17, 15) is 31.1 Å². The fourth-order valence-corrected chi connectivity index (χ4v) is 3.98. The lowest BCUT2D eigenvalue weighted by Gasteiger charge is -2.12. The third kappa shape index (κ3) is 18.2. The Labute approximate surface area is 231 Å². The largest absolute Gasteiger partial charge is 0.490 e. The lowest BCUT2D eigenvalue weighted by atomic mass is 10.0. The van der Waals surface area contributed by atoms with E-state index in [0.717, 1.165) is 50.8 Å². The number of aliphatic carboxylic acids is 2. The Morgan fingerprint density at radius 1 is 0.800 bits per heavy atom. The Kier molecular flexibility index (Phi) is 17.5. The third-order valence-corrected chi connectivity index (χ3v) is 6.09. The van der Waals surface area contributed by atoms with Crippen molar-refractivity contribution >= 4 is 29.2 Å². The summed E-state index contributed by atoms with van der Waals surface area (Å²) in [4.78, 5) is 32.7. The van der Waals surface area contributed by atoms with Crippen LogP contribution in [-0.2, 0) is 27.2 Å². The predicted octanol–water partition coefficient (Wildman–Crippen LogP) is 4.83. The molecule has 8 nitrogen and oxygen atoms in total. The average molecular weight is 602 g/mol. The third-order valence-electron chi connectivity index (χ3n) is 4.88. The summed E-state index contributed by atoms with van der Waals surface area (Å²) in [5.74, 6) is -5.49. The molecule has 0 spiro atoms. The number of nitrogens with two attached hydrogens (primary N) is 2. The van der Waals surface area contributed by atoms with Crippen molar-refractivity contribution in [1.82, 2.24) is 5.32 Å². The van der Waals surface area contributed by atoms with Crippen molar-refractivity contribution in [2.24, 2.45) is 11.5 Å². The number of halogens is 6. The molecule has 0 aliphatic heterocycles. The van der Waals surface area contributed by atoms with Crippen LogP contribution in [0.2, 0.25) is 0 Å². The van der Waals surface area contributed by atoms with Crippen LogP contribution in [-0.4, -0.2) is 53.5 Å². The van der Waals surface area contributed by atoms with Gasteiger partial charge in [0.1, 0.15) is 0 Å². The van der Waals surface area contributed by atoms with Crippen LogP contribution in [0, 0.1) is 0 Å². The molecule has 0 aliphatic carbocycles. The number of amides is 1. The number of alkyl halides is 6. The van der Waals surface area contributed by atoms with Crippen molar-refractivity contribution in [3.63, 3.8) is 0 Å². The topological polar surface area (TPSA) is 156 Å². The zero-order valence-electron chi connectivity index (χ0n) is 21.4. The summed E-state index contributed by atoms with van der Waals surface area (Å²) >= 11 is 1.91. The molecule has 2 rings (SSSR count). The Bertz CT molecular complexity index is 992. The van der Waals surface area contributed by atoms with E-state index in [2.05, 4.69) is 17.4 Å². The van der Waals surface area contributed by atoms with Crippen molar-refractivity contribution in [2.45, 2.75) is 63.3 Å². The monoisotopic (exact) mass is 601 g/mol. The van der Waals surface area contributed by atoms with Crippen LogP contribution in [0.15, 0.2) is 42.5 Å². The molecule has 1 aromatic carbocycles. The maximum atomic E-state index is 12.0. The minimum Gasteiger partial charge on any atom is -0.475 e. The fourth-order valence-electron chi connectivity index (χ4n) is 2.88. The quantitative estimate of drug-likeness (QED) is 0.172. The molecule has 1 atom stereocenters. The maximum absolute atomic E-state index is 12.0. The van der Waals surface area contributed by atoms with E-state index in [1.165, 1.54) is 16.2 Å². The number of nitrogens with one attached hydrogen (secondary N) is 1. The molecule has 0 saturated heterocycles. The van der Waals surface area contributed by atoms with E-state index in [1.54, 1.807) is 0 Å². The summed E-state index contributed by atoms with van der Waals surface area (Å²) in [6, 6.07) is 14.0. The zero-order valence-corrected chi connectivity index (χ0v) is 22.2. The van der Waals surface area contributed by atoms with Crippen LogP contribution in [0.4, 0.5) is 26.3 Å². The first-order valence-corrected chi connectivity index (χ1v) is 12.8. The van der Waals surface area contributed by atoms with E-state index >= 15 is 0 Å². The molecule has 1 unspecified atom stereocenters. The number of hydrogen-bond donors (Lipinski definition) is 5. The summed E-state index contributed by atoms with van der Waals surface area (Å²) in [6.07, 6.45) is -3.25. The van der Waals surface area contributed by atoms with Gasteiger partial charge >= 0.3 is 24.3 Å². The van der Waals surface area contributed by atoms with Crippen LogP contribution < -0.4 is 16.8 Å². The minimum atomic E-state index is -5.08. The number of unbranched alkanes of at least 4 members (excludes halogenated alkanes) is 2. The van der Waals surface area contributed by atoms with Crippen LogP contribution in [0.1, 0.15) is 53.5 Å². The summed E-state index contributed by atoms with van der Waals surface area (Å²) < 4.78 is 63.5. The van der Waals surface area contributed by atoms with Gasteiger partial charge in [-0.25, -0.2) is 9.59 Å². The highest BCUT2D eigenvalue weighted by atomic mass is 32.1. The van der Waals surface area contributed by atoms with Gasteiger partial charge in [0.05, 0.1) is 0 Å². The van der Waals surface area contributed by atoms with E-state index in [-0.39, 0.29) is 11.9 Å². The van der Waals surface area contributed by atoms with Crippen LogP contribution >= 0.6 is 11.3 Å². The van der Waals surface area contributed by atoms with Crippen LogP contribution in [0.5, 0.6) is 0 Å². The van der Waals surface area contributed by atoms with Gasteiger partial charge in [0.25, 0.3) is 0 Å². The van der Waals surface area contributed by atoms with Crippen molar-refractivity contribution in [2.75, 3.05) is 13.1 Å². The van der Waals surface area contributed by atoms with Gasteiger partial charge in [-0.15, -0.1) is 11.3 Å². The molecule has 0 radical (unpaired) electrons. The van der Waals surface area contributed by atoms with Gasteiger partial charge in [-0.3, -0.25) is 4.79 Å². The van der Waals surface area contributed by atoms with Gasteiger partial charge in [0.2, 0.25) is 5.91 Å². The number of carboxylic acid groups (broad SMARTS) is 2. The molecule has 2 aromatic rings. The number of carbonyl (C=O) groups excluding carboxylic acids is 1. The Morgan fingerprint density at radius 2 is 1.25 bits per heavy atom. The number of carboxylic acids is 2. The van der Waals surface area contributed by atoms with Gasteiger partial charge < -0.3 is 27.0 Å². The number of rotatable bonds is 12. The van der Waals surface area contributed by atoms with Gasteiger partial charge in [0, 0.05) is 28.8 Å². The minimum absolute atomic E-state index is 0.0275. The van der Waals surface area contributed by atoms with Crippen molar-refractivity contribution < 1.29 is 50.9 Å². The first-order valence-electron chi connectivity index (χ1n) is 12.0. The second kappa shape index (κ2) is 19.0. The lowest BCUT2D eigenvalue weighted by Crippen LogP contribution is -2.28. The average Bonchev–Trinajstić information content (AvgIpc) is 3.31. The number of benzene rings is 1. The summed E-state index contributed by atoms with van der Waals surface area (Å²) in [6.45, 7) is 1.50. The Morgan fingerprint density at radius 3 is 1.68 bits per heavy atom. The maximum Gasteiger partial charge on any atom is 0.490 e. The van der Waals surface area contributed by atoms with Gasteiger partial charge in [-0.05, 0) is 62.8 Å². The van der Waals surface area contributed by atoms with E-state index in [4.69, 9.17) is 31.3 Å². The Balaban J connectivity index is 0.000000894. The number of thiophene rings is 1. The highest BCUT2D eigenvalue weighted by Crippen LogP contribution is 2.20. The molecule has 1 amide bonds. The second-order valence-corrected chi connectivity index (χ2v) is 9.50. The van der Waals surface area contributed by atoms with Gasteiger partial charge in [-0.1, -0.05) is 30.3 Å². The molecule has 0 bridgehead atoms. The molecule has 1 heterocycles. The van der Waals surface area contributed by atoms with Gasteiger partial charge in [-0.2, -0.15) is 26.3 Å². The number of hydrogen-bond acceptors (Lipinski definition) is 6. The van der Waals surface area contributed by atoms with Gasteiger partial charge in [0.15, 0.2) is 0 Å². The van der Waals surface area contributed by atoms with E-state index in [1.807, 2.05) is 41.7 Å². The molecule has 0 aliphatic rings. The van der Waals surface area contributed by atoms with Crippen molar-refractivity contribution in [1.29, 1.82) is 0 Å². The molecular formula is C25H33F6N3O5S. The number of carbonyl (C=O) groups is 3. The molecular weight excluding hydrogens is 568 g/mol. The fraction of sp³-hybridized carbons (Fsp3) is 0.480. The molecule has 0 fully saturated rings. The molecule has 15 heteroatoms. The molecule has 226 valence electrons. The normalized spacial score (nSPS) is 11.8. The molecule has 7 N–H and O–H groups in total. The van der Waals surface area contributed by atoms with Crippen molar-refractivity contribution in [3.8, 4) is 0 Å². The molecule has 0 saturated carbocycles. The Hall–Kier alpha value is -3.17. The first kappa shape index (κ1) is 36.8. The van der Waals surface area contributed by atoms with E-state index in [0.29, 0.717) is 6.42 Å². The SMILES string of the molecule is NCCCCc1ccc(CCCCNC(=O)CC(N)c2ccccc2)s1.O=C(O)C(F)(F)F.O=C(O)C(F)(F)F. The summed E-state index contributed by atoms with van der Waals surface area (Å²) in [7, 11) is 0. The van der Waals surface area contributed by atoms with Crippen LogP contribution in [0.25, 0.3) is 0 Å². The smallest absolute Gasteiger partial charge is 0.475 e. The number of aryl methyl sites for hydroxylation is 2. The van der Waals surface area contributed by atoms with Crippen molar-refractivity contribution in [3.05, 3.63) is 57.8 Å². The highest BCUT2D eigenvalue weighted by molar-refractivity contribution is 7.11. The second-order valence-electron chi connectivity index (χ2n) is 8.25. The highest BCUT2D eigenvalue weighted by Gasteiger charge is 2.38.